The summed E-state index contributed by atoms with van der Waals surface area (Å²) in [7, 11) is 0. The number of carbonyl (C=O) groups is 2. The average Bonchev–Trinajstić information content (AvgIpc) is 3.63. The number of nitrogens with zero attached hydrogens (tertiary/aromatic N) is 3. The van der Waals surface area contributed by atoms with Gasteiger partial charge in [0, 0.05) is 56.6 Å². The molecule has 5 aliphatic rings. The van der Waals surface area contributed by atoms with Crippen molar-refractivity contribution in [2.24, 2.45) is 23.2 Å². The molecule has 11 heteroatoms. The second kappa shape index (κ2) is 10.3. The molecule has 38 heavy (non-hydrogen) atoms. The highest BCUT2D eigenvalue weighted by Gasteiger charge is 2.58. The van der Waals surface area contributed by atoms with Crippen LogP contribution in [0.25, 0.3) is 0 Å². The van der Waals surface area contributed by atoms with Crippen molar-refractivity contribution in [3.63, 3.8) is 0 Å². The van der Waals surface area contributed by atoms with Gasteiger partial charge in [-0.15, -0.1) is 0 Å². The number of hydrogen-bond donors (Lipinski definition) is 6. The van der Waals surface area contributed by atoms with E-state index >= 15 is 0 Å². The quantitative estimate of drug-likeness (QED) is 0.318. The molecule has 6 rings (SSSR count). The lowest BCUT2D eigenvalue weighted by Crippen LogP contribution is -2.77. The first-order valence-corrected chi connectivity index (χ1v) is 14.0. The number of nitriles is 1. The SMILES string of the molecule is N#CCC1CCN(C2NC3CNNC(=O)C3C(Nc3ccc(N4CCC5(CC4)CC5C(=O)O)cc3)N2)CC1. The third kappa shape index (κ3) is 4.94. The number of carboxylic acids is 1. The zero-order chi connectivity index (χ0) is 26.3. The van der Waals surface area contributed by atoms with E-state index in [9.17, 15) is 14.7 Å². The largest absolute Gasteiger partial charge is 0.481 e. The first-order valence-electron chi connectivity index (χ1n) is 14.0. The highest BCUT2D eigenvalue weighted by molar-refractivity contribution is 5.81. The van der Waals surface area contributed by atoms with Crippen molar-refractivity contribution in [2.75, 3.05) is 42.9 Å². The van der Waals surface area contributed by atoms with Crippen LogP contribution in [0.2, 0.25) is 0 Å². The number of rotatable bonds is 6. The second-order valence-electron chi connectivity index (χ2n) is 11.7. The first-order chi connectivity index (χ1) is 18.5. The number of fused-ring (bicyclic) bond motifs is 1. The highest BCUT2D eigenvalue weighted by Crippen LogP contribution is 2.59. The van der Waals surface area contributed by atoms with Crippen LogP contribution < -0.4 is 31.7 Å². The van der Waals surface area contributed by atoms with E-state index in [0.717, 1.165) is 69.7 Å². The molecule has 1 aromatic carbocycles. The van der Waals surface area contributed by atoms with Gasteiger partial charge in [0.05, 0.1) is 24.1 Å². The Balaban J connectivity index is 1.09. The van der Waals surface area contributed by atoms with Crippen LogP contribution >= 0.6 is 0 Å². The van der Waals surface area contributed by atoms with E-state index in [1.807, 2.05) is 0 Å². The van der Waals surface area contributed by atoms with E-state index in [2.05, 4.69) is 66.9 Å². The zero-order valence-corrected chi connectivity index (χ0v) is 21.7. The van der Waals surface area contributed by atoms with Crippen LogP contribution in [0, 0.1) is 34.5 Å². The topological polar surface area (TPSA) is 145 Å². The molecular formula is C27H38N8O3. The Kier molecular flexibility index (Phi) is 6.90. The Labute approximate surface area is 223 Å². The molecule has 6 N–H and O–H groups in total. The van der Waals surface area contributed by atoms with Crippen molar-refractivity contribution in [1.82, 2.24) is 26.4 Å². The summed E-state index contributed by atoms with van der Waals surface area (Å²) in [6, 6.07) is 10.7. The van der Waals surface area contributed by atoms with Crippen LogP contribution in [0.3, 0.4) is 0 Å². The number of piperidine rings is 2. The molecule has 204 valence electrons. The number of nitrogens with one attached hydrogen (secondary N) is 5. The number of carbonyl (C=O) groups excluding carboxylic acids is 1. The maximum atomic E-state index is 12.8. The lowest BCUT2D eigenvalue weighted by Gasteiger charge is -2.49. The van der Waals surface area contributed by atoms with E-state index in [0.29, 0.717) is 18.9 Å². The van der Waals surface area contributed by atoms with Gasteiger partial charge in [-0.2, -0.15) is 5.26 Å². The summed E-state index contributed by atoms with van der Waals surface area (Å²) in [4.78, 5) is 28.9. The molecule has 11 nitrogen and oxygen atoms in total. The van der Waals surface area contributed by atoms with Gasteiger partial charge in [-0.05, 0) is 67.7 Å². The fourth-order valence-electron chi connectivity index (χ4n) is 7.01. The smallest absolute Gasteiger partial charge is 0.307 e. The van der Waals surface area contributed by atoms with Gasteiger partial charge in [-0.3, -0.25) is 30.5 Å². The highest BCUT2D eigenvalue weighted by atomic mass is 16.4. The Morgan fingerprint density at radius 3 is 2.53 bits per heavy atom. The number of likely N-dealkylation sites (tertiary alicyclic amines) is 1. The molecule has 1 spiro atoms. The number of aliphatic carboxylic acids is 1. The molecule has 0 bridgehead atoms. The van der Waals surface area contributed by atoms with Crippen molar-refractivity contribution in [2.45, 2.75) is 57.0 Å². The van der Waals surface area contributed by atoms with Gasteiger partial charge < -0.3 is 15.3 Å². The normalized spacial score (nSPS) is 33.2. The van der Waals surface area contributed by atoms with Crippen molar-refractivity contribution < 1.29 is 14.7 Å². The molecule has 1 aliphatic carbocycles. The second-order valence-corrected chi connectivity index (χ2v) is 11.7. The van der Waals surface area contributed by atoms with Crippen LogP contribution in [-0.4, -0.2) is 73.1 Å². The number of anilines is 2. The number of carboxylic acid groups (broad SMARTS) is 1. The average molecular weight is 523 g/mol. The minimum absolute atomic E-state index is 0.0127. The maximum absolute atomic E-state index is 12.8. The van der Waals surface area contributed by atoms with Gasteiger partial charge in [0.25, 0.3) is 0 Å². The fraction of sp³-hybridized carbons (Fsp3) is 0.667. The lowest BCUT2D eigenvalue weighted by molar-refractivity contribution is -0.139. The molecule has 0 radical (unpaired) electrons. The van der Waals surface area contributed by atoms with Crippen molar-refractivity contribution in [1.29, 1.82) is 5.26 Å². The van der Waals surface area contributed by atoms with E-state index < -0.39 is 5.97 Å². The summed E-state index contributed by atoms with van der Waals surface area (Å²) in [5, 5.41) is 29.3. The molecule has 1 aromatic rings. The minimum Gasteiger partial charge on any atom is -0.481 e. The first kappa shape index (κ1) is 25.4. The zero-order valence-electron chi connectivity index (χ0n) is 21.7. The van der Waals surface area contributed by atoms with Gasteiger partial charge in [0.15, 0.2) is 0 Å². The summed E-state index contributed by atoms with van der Waals surface area (Å²) in [6.07, 6.45) is 5.04. The molecule has 1 amide bonds. The minimum atomic E-state index is -0.643. The molecule has 4 aliphatic heterocycles. The fourth-order valence-corrected chi connectivity index (χ4v) is 7.01. The van der Waals surface area contributed by atoms with E-state index in [-0.39, 0.29) is 41.7 Å². The molecule has 5 fully saturated rings. The molecule has 5 unspecified atom stereocenters. The maximum Gasteiger partial charge on any atom is 0.307 e. The summed E-state index contributed by atoms with van der Waals surface area (Å²) >= 11 is 0. The van der Waals surface area contributed by atoms with Crippen molar-refractivity contribution in [3.8, 4) is 6.07 Å². The summed E-state index contributed by atoms with van der Waals surface area (Å²) < 4.78 is 0. The van der Waals surface area contributed by atoms with E-state index in [1.54, 1.807) is 0 Å². The third-order valence-corrected chi connectivity index (χ3v) is 9.53. The molecule has 0 aromatic heterocycles. The van der Waals surface area contributed by atoms with Crippen LogP contribution in [-0.2, 0) is 9.59 Å². The molecule has 5 atom stereocenters. The number of amides is 1. The van der Waals surface area contributed by atoms with Crippen molar-refractivity contribution >= 4 is 23.3 Å². The van der Waals surface area contributed by atoms with Gasteiger partial charge in [0.1, 0.15) is 6.29 Å². The van der Waals surface area contributed by atoms with Gasteiger partial charge >= 0.3 is 5.97 Å². The van der Waals surface area contributed by atoms with Crippen LogP contribution in [0.4, 0.5) is 11.4 Å². The van der Waals surface area contributed by atoms with E-state index in [4.69, 9.17) is 5.26 Å². The predicted molar refractivity (Wildman–Crippen MR) is 141 cm³/mol. The number of hydrogen-bond acceptors (Lipinski definition) is 9. The molecular weight excluding hydrogens is 484 g/mol. The monoisotopic (exact) mass is 522 g/mol. The van der Waals surface area contributed by atoms with Crippen molar-refractivity contribution in [3.05, 3.63) is 24.3 Å². The van der Waals surface area contributed by atoms with Gasteiger partial charge in [-0.1, -0.05) is 0 Å². The molecule has 4 saturated heterocycles. The Morgan fingerprint density at radius 2 is 1.87 bits per heavy atom. The van der Waals surface area contributed by atoms with Crippen LogP contribution in [0.5, 0.6) is 0 Å². The van der Waals surface area contributed by atoms with Gasteiger partial charge in [0.2, 0.25) is 5.91 Å². The van der Waals surface area contributed by atoms with Crippen LogP contribution in [0.15, 0.2) is 24.3 Å². The Bertz CT molecular complexity index is 1070. The molecule has 1 saturated carbocycles. The lowest BCUT2D eigenvalue weighted by atomic mass is 9.90. The Hall–Kier alpha value is -2.91. The number of hydrazine groups is 1. The number of benzene rings is 1. The third-order valence-electron chi connectivity index (χ3n) is 9.53. The predicted octanol–water partition coefficient (Wildman–Crippen LogP) is 0.837. The van der Waals surface area contributed by atoms with E-state index in [1.165, 1.54) is 0 Å². The Morgan fingerprint density at radius 1 is 1.13 bits per heavy atom. The molecule has 4 heterocycles. The summed E-state index contributed by atoms with van der Waals surface area (Å²) in [5.74, 6) is -0.644. The summed E-state index contributed by atoms with van der Waals surface area (Å²) in [6.45, 7) is 4.25. The standard InChI is InChI=1S/C27H38N8O3/c28-10-5-17-6-11-35(12-7-17)26-31-21-16-29-33-24(36)22(21)23(32-26)30-18-1-3-19(4-2-18)34-13-8-27(9-14-34)15-20(27)25(37)38/h1-4,17,20-23,26,29-32H,5-9,11-16H2,(H,33,36)(H,37,38). The van der Waals surface area contributed by atoms with Gasteiger partial charge in [-0.25, -0.2) is 5.43 Å². The summed E-state index contributed by atoms with van der Waals surface area (Å²) in [5.41, 5.74) is 7.93. The van der Waals surface area contributed by atoms with Crippen LogP contribution in [0.1, 0.15) is 38.5 Å².